The summed E-state index contributed by atoms with van der Waals surface area (Å²) in [5.41, 5.74) is 0.824. The second-order valence-corrected chi connectivity index (χ2v) is 16.8. The Kier molecular flexibility index (Phi) is 38.2. The van der Waals surface area contributed by atoms with Crippen LogP contribution in [-0.4, -0.2) is 55.8 Å². The van der Waals surface area contributed by atoms with Crippen LogP contribution in [0.2, 0.25) is 0 Å². The second-order valence-electron chi connectivity index (χ2n) is 16.8. The molecule has 0 aliphatic carbocycles. The Morgan fingerprint density at radius 2 is 1.16 bits per heavy atom. The molecule has 6 nitrogen and oxygen atoms in total. The summed E-state index contributed by atoms with van der Waals surface area (Å²) < 4.78 is 18.1. The van der Waals surface area contributed by atoms with Crippen molar-refractivity contribution in [2.75, 3.05) is 32.8 Å². The molecule has 1 saturated heterocycles. The molecule has 57 heavy (non-hydrogen) atoms. The fourth-order valence-corrected chi connectivity index (χ4v) is 7.83. The minimum atomic E-state index is -0.388. The predicted molar refractivity (Wildman–Crippen MR) is 245 cm³/mol. The van der Waals surface area contributed by atoms with Gasteiger partial charge < -0.3 is 19.1 Å². The van der Waals surface area contributed by atoms with Gasteiger partial charge in [0.25, 0.3) is 0 Å². The maximum atomic E-state index is 13.7. The molecular formula is C51H95NO5. The average molecular weight is 802 g/mol. The van der Waals surface area contributed by atoms with E-state index < -0.39 is 0 Å². The highest BCUT2D eigenvalue weighted by Crippen LogP contribution is 2.40. The largest absolute Gasteiger partial charge is 0.466 e. The second kappa shape index (κ2) is 39.5. The summed E-state index contributed by atoms with van der Waals surface area (Å²) >= 11 is 0. The Bertz CT molecular complexity index is 1010. The highest BCUT2D eigenvalue weighted by Gasteiger charge is 2.40. The average Bonchev–Trinajstić information content (AvgIpc) is 3.21. The summed E-state index contributed by atoms with van der Waals surface area (Å²) in [6, 6.07) is 10.3. The van der Waals surface area contributed by atoms with Gasteiger partial charge in [-0.25, -0.2) is 0 Å². The van der Waals surface area contributed by atoms with Gasteiger partial charge in [0.1, 0.15) is 6.10 Å². The third-order valence-corrected chi connectivity index (χ3v) is 11.5. The molecule has 2 rings (SSSR count). The fraction of sp³-hybridized carbons (Fsp3) is 0.843. The van der Waals surface area contributed by atoms with Crippen LogP contribution in [-0.2, 0) is 30.4 Å². The summed E-state index contributed by atoms with van der Waals surface area (Å²) in [4.78, 5) is 29.6. The predicted octanol–water partition coefficient (Wildman–Crippen LogP) is 14.9. The molecule has 334 valence electrons. The van der Waals surface area contributed by atoms with Gasteiger partial charge in [-0.15, -0.1) is 0 Å². The minimum absolute atomic E-state index is 0.00723. The van der Waals surface area contributed by atoms with Crippen molar-refractivity contribution in [2.45, 2.75) is 235 Å². The number of nitrogens with zero attached hydrogens (tertiary/aromatic N) is 1. The van der Waals surface area contributed by atoms with E-state index in [4.69, 9.17) is 14.2 Å². The van der Waals surface area contributed by atoms with Gasteiger partial charge in [0.05, 0.1) is 26.1 Å². The van der Waals surface area contributed by atoms with Crippen LogP contribution in [0, 0.1) is 11.3 Å². The zero-order chi connectivity index (χ0) is 42.2. The van der Waals surface area contributed by atoms with E-state index in [1.807, 2.05) is 19.9 Å². The lowest BCUT2D eigenvalue weighted by molar-refractivity contribution is -0.156. The minimum Gasteiger partial charge on any atom is -0.466 e. The van der Waals surface area contributed by atoms with Crippen LogP contribution in [0.25, 0.3) is 0 Å². The van der Waals surface area contributed by atoms with Gasteiger partial charge in [0.15, 0.2) is 0 Å². The Labute approximate surface area is 354 Å². The maximum absolute atomic E-state index is 13.7. The van der Waals surface area contributed by atoms with Gasteiger partial charge in [-0.1, -0.05) is 182 Å². The van der Waals surface area contributed by atoms with Gasteiger partial charge in [-0.3, -0.25) is 9.59 Å². The number of hydrogen-bond acceptors (Lipinski definition) is 6. The van der Waals surface area contributed by atoms with E-state index in [0.29, 0.717) is 32.0 Å². The first-order valence-electron chi connectivity index (χ1n) is 24.5. The summed E-state index contributed by atoms with van der Waals surface area (Å²) in [5.74, 6) is 0.365. The van der Waals surface area contributed by atoms with Crippen molar-refractivity contribution in [2.24, 2.45) is 11.3 Å². The normalized spacial score (nSPS) is 14.7. The number of piperidine rings is 1. The smallest absolute Gasteiger partial charge is 0.306 e. The van der Waals surface area contributed by atoms with Gasteiger partial charge in [-0.05, 0) is 94.3 Å². The first-order chi connectivity index (χ1) is 27.8. The number of rotatable bonds is 33. The van der Waals surface area contributed by atoms with Gasteiger partial charge in [0.2, 0.25) is 0 Å². The molecule has 6 heteroatoms. The number of unbranched alkanes of at least 4 members (excludes halogenated alkanes) is 12. The van der Waals surface area contributed by atoms with Gasteiger partial charge in [-0.2, -0.15) is 0 Å². The molecule has 1 aromatic rings. The highest BCUT2D eigenvalue weighted by atomic mass is 16.5. The van der Waals surface area contributed by atoms with Crippen LogP contribution < -0.4 is 0 Å². The molecule has 0 bridgehead atoms. The van der Waals surface area contributed by atoms with Crippen LogP contribution in [0.5, 0.6) is 0 Å². The van der Waals surface area contributed by atoms with Crippen molar-refractivity contribution >= 4 is 11.9 Å². The van der Waals surface area contributed by atoms with E-state index in [1.54, 1.807) is 0 Å². The van der Waals surface area contributed by atoms with E-state index in [0.717, 1.165) is 90.4 Å². The Balaban J connectivity index is 0.00000597. The molecule has 0 aromatic heterocycles. The lowest BCUT2D eigenvalue weighted by atomic mass is 9.73. The first kappa shape index (κ1) is 55.1. The molecule has 0 radical (unpaired) electrons. The molecule has 1 heterocycles. The fourth-order valence-electron chi connectivity index (χ4n) is 7.83. The molecule has 2 atom stereocenters. The Morgan fingerprint density at radius 1 is 0.632 bits per heavy atom. The molecule has 1 aliphatic heterocycles. The molecular weight excluding hydrogens is 707 g/mol. The number of benzene rings is 1. The third kappa shape index (κ3) is 30.7. The molecule has 0 N–H and O–H groups in total. The zero-order valence-corrected chi connectivity index (χ0v) is 39.2. The van der Waals surface area contributed by atoms with Crippen molar-refractivity contribution in [3.8, 4) is 0 Å². The van der Waals surface area contributed by atoms with Crippen LogP contribution in [0.4, 0.5) is 0 Å². The summed E-state index contributed by atoms with van der Waals surface area (Å²) in [6.07, 6.45) is 28.2. The van der Waals surface area contributed by atoms with E-state index in [9.17, 15) is 9.59 Å². The molecule has 1 fully saturated rings. The Hall–Kier alpha value is -1.92. The van der Waals surface area contributed by atoms with Crippen molar-refractivity contribution in [3.05, 3.63) is 35.9 Å². The number of esters is 2. The highest BCUT2D eigenvalue weighted by molar-refractivity contribution is 5.74. The number of carbonyl (C=O) groups is 2. The number of ether oxygens (including phenoxy) is 3. The topological polar surface area (TPSA) is 65.1 Å². The van der Waals surface area contributed by atoms with Crippen LogP contribution in [0.15, 0.2) is 30.3 Å². The van der Waals surface area contributed by atoms with Crippen molar-refractivity contribution in [1.29, 1.82) is 0 Å². The van der Waals surface area contributed by atoms with Crippen molar-refractivity contribution in [3.63, 3.8) is 0 Å². The molecule has 2 unspecified atom stereocenters. The monoisotopic (exact) mass is 802 g/mol. The molecule has 1 aliphatic rings. The molecule has 0 amide bonds. The lowest BCUT2D eigenvalue weighted by Crippen LogP contribution is -2.43. The summed E-state index contributed by atoms with van der Waals surface area (Å²) in [6.45, 7) is 22.0. The van der Waals surface area contributed by atoms with E-state index in [-0.39, 0.29) is 23.5 Å². The zero-order valence-electron chi connectivity index (χ0n) is 39.2. The first-order valence-corrected chi connectivity index (χ1v) is 24.5. The summed E-state index contributed by atoms with van der Waals surface area (Å²) in [7, 11) is 0. The molecule has 0 spiro atoms. The van der Waals surface area contributed by atoms with Crippen molar-refractivity contribution < 1.29 is 23.8 Å². The standard InChI is InChI=1S/C46H81NO5.C3H8.C2H6/c1-5-9-12-14-16-22-29-43(28-21-15-13-10-6-2)52-45(49)39-46(38-44(48)51-37-30-41(8-4)25-18-11-7-3)31-34-47(35-32-46)33-23-24-36-50-40-42-26-19-17-20-27-42;1-3-2;1-2/h17,19-20,26-27,41,43H,5-16,18,21-25,28-40H2,1-4H3;3H2,1-2H3;1-2H3. The van der Waals surface area contributed by atoms with Crippen LogP contribution in [0.3, 0.4) is 0 Å². The lowest BCUT2D eigenvalue weighted by Gasteiger charge is -2.41. The molecule has 0 saturated carbocycles. The van der Waals surface area contributed by atoms with E-state index in [1.165, 1.54) is 95.5 Å². The van der Waals surface area contributed by atoms with Crippen molar-refractivity contribution in [1.82, 2.24) is 4.90 Å². The van der Waals surface area contributed by atoms with E-state index >= 15 is 0 Å². The number of hydrogen-bond donors (Lipinski definition) is 0. The molecule has 1 aromatic carbocycles. The van der Waals surface area contributed by atoms with Crippen LogP contribution >= 0.6 is 0 Å². The number of likely N-dealkylation sites (tertiary alicyclic amines) is 1. The van der Waals surface area contributed by atoms with Crippen LogP contribution in [0.1, 0.15) is 228 Å². The number of carbonyl (C=O) groups excluding carboxylic acids is 2. The maximum Gasteiger partial charge on any atom is 0.306 e. The third-order valence-electron chi connectivity index (χ3n) is 11.5. The SMILES string of the molecule is CC.CCC.CCCCCCCCC(CCCCCCC)OC(=O)CC1(CC(=O)OCCC(CC)CCCCC)CCN(CCCCOCc2ccccc2)CC1. The van der Waals surface area contributed by atoms with Gasteiger partial charge in [0, 0.05) is 6.61 Å². The van der Waals surface area contributed by atoms with Gasteiger partial charge >= 0.3 is 11.9 Å². The Morgan fingerprint density at radius 3 is 1.74 bits per heavy atom. The quantitative estimate of drug-likeness (QED) is 0.0521. The summed E-state index contributed by atoms with van der Waals surface area (Å²) in [5, 5.41) is 0. The van der Waals surface area contributed by atoms with E-state index in [2.05, 4.69) is 70.7 Å².